The van der Waals surface area contributed by atoms with Crippen molar-refractivity contribution in [3.05, 3.63) is 0 Å². The molecule has 0 aromatic rings. The van der Waals surface area contributed by atoms with Crippen LogP contribution in [-0.2, 0) is 19.1 Å². The topological polar surface area (TPSA) is 87.7 Å². The maximum atomic E-state index is 12.3. The summed E-state index contributed by atoms with van der Waals surface area (Å²) in [4.78, 5) is 37.6. The Labute approximate surface area is 137 Å². The molecule has 1 heterocycles. The van der Waals surface area contributed by atoms with E-state index < -0.39 is 12.0 Å². The molecule has 3 unspecified atom stereocenters. The SMILES string of the molecule is COC(=O)CC1C(=O)NCCN1CC(=O)NC1CCCCC1C. The number of esters is 1. The van der Waals surface area contributed by atoms with Crippen molar-refractivity contribution < 1.29 is 19.1 Å². The number of carbonyl (C=O) groups is 3. The van der Waals surface area contributed by atoms with Crippen LogP contribution in [0, 0.1) is 5.92 Å². The van der Waals surface area contributed by atoms with Crippen molar-refractivity contribution in [1.29, 1.82) is 0 Å². The molecule has 7 nitrogen and oxygen atoms in total. The molecule has 1 saturated heterocycles. The minimum atomic E-state index is -0.634. The van der Waals surface area contributed by atoms with E-state index >= 15 is 0 Å². The van der Waals surface area contributed by atoms with E-state index in [0.29, 0.717) is 19.0 Å². The second-order valence-corrected chi connectivity index (χ2v) is 6.49. The van der Waals surface area contributed by atoms with Crippen LogP contribution in [0.15, 0.2) is 0 Å². The van der Waals surface area contributed by atoms with Gasteiger partial charge in [0.25, 0.3) is 0 Å². The van der Waals surface area contributed by atoms with Crippen molar-refractivity contribution in [2.24, 2.45) is 5.92 Å². The van der Waals surface area contributed by atoms with Gasteiger partial charge in [-0.2, -0.15) is 0 Å². The van der Waals surface area contributed by atoms with Gasteiger partial charge >= 0.3 is 5.97 Å². The van der Waals surface area contributed by atoms with Crippen LogP contribution in [0.1, 0.15) is 39.0 Å². The highest BCUT2D eigenvalue weighted by atomic mass is 16.5. The van der Waals surface area contributed by atoms with Gasteiger partial charge in [-0.3, -0.25) is 19.3 Å². The van der Waals surface area contributed by atoms with Gasteiger partial charge < -0.3 is 15.4 Å². The highest BCUT2D eigenvalue weighted by molar-refractivity contribution is 5.88. The molecule has 2 aliphatic rings. The van der Waals surface area contributed by atoms with Gasteiger partial charge in [-0.15, -0.1) is 0 Å². The minimum Gasteiger partial charge on any atom is -0.469 e. The number of hydrogen-bond acceptors (Lipinski definition) is 5. The lowest BCUT2D eigenvalue weighted by Gasteiger charge is -2.35. The Morgan fingerprint density at radius 3 is 2.78 bits per heavy atom. The molecule has 3 atom stereocenters. The zero-order chi connectivity index (χ0) is 16.8. The van der Waals surface area contributed by atoms with Crippen LogP contribution in [0.5, 0.6) is 0 Å². The minimum absolute atomic E-state index is 0.0323. The van der Waals surface area contributed by atoms with Crippen LogP contribution in [0.2, 0.25) is 0 Å². The Bertz CT molecular complexity index is 455. The van der Waals surface area contributed by atoms with Crippen LogP contribution in [0.25, 0.3) is 0 Å². The third-order valence-corrected chi connectivity index (χ3v) is 4.83. The maximum Gasteiger partial charge on any atom is 0.307 e. The number of carbonyl (C=O) groups excluding carboxylic acids is 3. The largest absolute Gasteiger partial charge is 0.469 e. The molecule has 7 heteroatoms. The third kappa shape index (κ3) is 4.92. The summed E-state index contributed by atoms with van der Waals surface area (Å²) in [7, 11) is 1.30. The highest BCUT2D eigenvalue weighted by Gasteiger charge is 2.33. The Morgan fingerprint density at radius 2 is 2.09 bits per heavy atom. The average molecular weight is 325 g/mol. The molecular formula is C16H27N3O4. The highest BCUT2D eigenvalue weighted by Crippen LogP contribution is 2.23. The van der Waals surface area contributed by atoms with Gasteiger partial charge in [0.2, 0.25) is 11.8 Å². The second-order valence-electron chi connectivity index (χ2n) is 6.49. The van der Waals surface area contributed by atoms with Gasteiger partial charge in [0.05, 0.1) is 20.1 Å². The van der Waals surface area contributed by atoms with Gasteiger partial charge in [-0.05, 0) is 18.8 Å². The van der Waals surface area contributed by atoms with Crippen molar-refractivity contribution in [1.82, 2.24) is 15.5 Å². The van der Waals surface area contributed by atoms with Crippen LogP contribution in [0.3, 0.4) is 0 Å². The molecule has 1 saturated carbocycles. The lowest BCUT2D eigenvalue weighted by molar-refractivity contribution is -0.146. The number of nitrogens with one attached hydrogen (secondary N) is 2. The molecule has 0 bridgehead atoms. The summed E-state index contributed by atoms with van der Waals surface area (Å²) in [6.07, 6.45) is 4.49. The summed E-state index contributed by atoms with van der Waals surface area (Å²) in [6, 6.07) is -0.417. The zero-order valence-electron chi connectivity index (χ0n) is 14.0. The van der Waals surface area contributed by atoms with Crippen molar-refractivity contribution in [2.75, 3.05) is 26.7 Å². The average Bonchev–Trinajstić information content (AvgIpc) is 2.52. The summed E-state index contributed by atoms with van der Waals surface area (Å²) in [5, 5.41) is 5.82. The molecule has 23 heavy (non-hydrogen) atoms. The number of ether oxygens (including phenoxy) is 1. The number of hydrogen-bond donors (Lipinski definition) is 2. The molecule has 0 spiro atoms. The first kappa shape index (κ1) is 17.7. The smallest absolute Gasteiger partial charge is 0.307 e. The van der Waals surface area contributed by atoms with E-state index in [9.17, 15) is 14.4 Å². The fraction of sp³-hybridized carbons (Fsp3) is 0.812. The van der Waals surface area contributed by atoms with Gasteiger partial charge in [-0.1, -0.05) is 19.8 Å². The van der Waals surface area contributed by atoms with Crippen molar-refractivity contribution >= 4 is 17.8 Å². The number of amides is 2. The van der Waals surface area contributed by atoms with E-state index in [-0.39, 0.29) is 30.8 Å². The molecule has 1 aliphatic heterocycles. The monoisotopic (exact) mass is 325 g/mol. The van der Waals surface area contributed by atoms with E-state index in [1.807, 2.05) is 0 Å². The number of nitrogens with zero attached hydrogens (tertiary/aromatic N) is 1. The first-order valence-electron chi connectivity index (χ1n) is 8.39. The van der Waals surface area contributed by atoms with Crippen LogP contribution in [-0.4, -0.2) is 61.5 Å². The van der Waals surface area contributed by atoms with Crippen molar-refractivity contribution in [3.8, 4) is 0 Å². The normalized spacial score (nSPS) is 28.8. The van der Waals surface area contributed by atoms with E-state index in [4.69, 9.17) is 0 Å². The Kier molecular flexibility index (Phi) is 6.38. The molecule has 0 aromatic carbocycles. The predicted molar refractivity (Wildman–Crippen MR) is 84.6 cm³/mol. The molecule has 130 valence electrons. The number of rotatable bonds is 5. The number of piperazine rings is 1. The molecule has 2 amide bonds. The molecule has 2 N–H and O–H groups in total. The summed E-state index contributed by atoms with van der Waals surface area (Å²) in [6.45, 7) is 3.35. The summed E-state index contributed by atoms with van der Waals surface area (Å²) >= 11 is 0. The van der Waals surface area contributed by atoms with Crippen LogP contribution in [0.4, 0.5) is 0 Å². The Morgan fingerprint density at radius 1 is 1.35 bits per heavy atom. The third-order valence-electron chi connectivity index (χ3n) is 4.83. The predicted octanol–water partition coefficient (Wildman–Crippen LogP) is 0.0448. The molecule has 0 aromatic heterocycles. The Hall–Kier alpha value is -1.63. The number of methoxy groups -OCH3 is 1. The van der Waals surface area contributed by atoms with Gasteiger partial charge in [0.15, 0.2) is 0 Å². The van der Waals surface area contributed by atoms with E-state index in [1.165, 1.54) is 13.5 Å². The van der Waals surface area contributed by atoms with Gasteiger partial charge in [0.1, 0.15) is 6.04 Å². The second kappa shape index (κ2) is 8.29. The first-order chi connectivity index (χ1) is 11.0. The first-order valence-corrected chi connectivity index (χ1v) is 8.39. The molecule has 2 fully saturated rings. The van der Waals surface area contributed by atoms with Crippen molar-refractivity contribution in [2.45, 2.75) is 51.1 Å². The molecule has 2 rings (SSSR count). The van der Waals surface area contributed by atoms with E-state index in [0.717, 1.165) is 19.3 Å². The molecule has 1 aliphatic carbocycles. The molecule has 0 radical (unpaired) electrons. The van der Waals surface area contributed by atoms with Crippen LogP contribution >= 0.6 is 0 Å². The lowest BCUT2D eigenvalue weighted by atomic mass is 9.86. The molecular weight excluding hydrogens is 298 g/mol. The zero-order valence-corrected chi connectivity index (χ0v) is 14.0. The fourth-order valence-electron chi connectivity index (χ4n) is 3.38. The Balaban J connectivity index is 1.91. The van der Waals surface area contributed by atoms with E-state index in [2.05, 4.69) is 22.3 Å². The fourth-order valence-corrected chi connectivity index (χ4v) is 3.38. The standard InChI is InChI=1S/C16H27N3O4/c1-11-5-3-4-6-12(11)18-14(20)10-19-8-7-17-16(22)13(19)9-15(21)23-2/h11-13H,3-10H2,1-2H3,(H,17,22)(H,18,20). The van der Waals surface area contributed by atoms with Gasteiger partial charge in [0, 0.05) is 19.1 Å². The van der Waals surface area contributed by atoms with Crippen LogP contribution < -0.4 is 10.6 Å². The lowest BCUT2D eigenvalue weighted by Crippen LogP contribution is -2.58. The van der Waals surface area contributed by atoms with Crippen molar-refractivity contribution in [3.63, 3.8) is 0 Å². The summed E-state index contributed by atoms with van der Waals surface area (Å²) in [5.41, 5.74) is 0. The summed E-state index contributed by atoms with van der Waals surface area (Å²) in [5.74, 6) is -0.254. The quantitative estimate of drug-likeness (QED) is 0.697. The van der Waals surface area contributed by atoms with E-state index in [1.54, 1.807) is 4.90 Å². The maximum absolute atomic E-state index is 12.3. The van der Waals surface area contributed by atoms with Gasteiger partial charge in [-0.25, -0.2) is 0 Å². The summed E-state index contributed by atoms with van der Waals surface area (Å²) < 4.78 is 4.64.